The fourth-order valence-electron chi connectivity index (χ4n) is 7.23. The Labute approximate surface area is 287 Å². The fourth-order valence-corrected chi connectivity index (χ4v) is 7.23. The van der Waals surface area contributed by atoms with Gasteiger partial charge in [0.15, 0.2) is 17.5 Å². The van der Waals surface area contributed by atoms with Gasteiger partial charge in [0.1, 0.15) is 11.2 Å². The van der Waals surface area contributed by atoms with Crippen LogP contribution >= 0.6 is 0 Å². The van der Waals surface area contributed by atoms with E-state index in [2.05, 4.69) is 114 Å². The monoisotopic (exact) mass is 640 g/mol. The van der Waals surface area contributed by atoms with E-state index in [9.17, 15) is 0 Å². The molecule has 0 radical (unpaired) electrons. The summed E-state index contributed by atoms with van der Waals surface area (Å²) in [7, 11) is 0. The van der Waals surface area contributed by atoms with Gasteiger partial charge >= 0.3 is 0 Å². The van der Waals surface area contributed by atoms with Crippen molar-refractivity contribution >= 4 is 43.7 Å². The number of para-hydroxylation sites is 2. The van der Waals surface area contributed by atoms with Gasteiger partial charge in [-0.15, -0.1) is 0 Å². The van der Waals surface area contributed by atoms with Gasteiger partial charge in [-0.05, 0) is 53.6 Å². The highest BCUT2D eigenvalue weighted by molar-refractivity contribution is 6.21. The maximum Gasteiger partial charge on any atom is 0.164 e. The summed E-state index contributed by atoms with van der Waals surface area (Å²) in [6.07, 6.45) is 0. The summed E-state index contributed by atoms with van der Waals surface area (Å²) < 4.78 is 8.96. The van der Waals surface area contributed by atoms with E-state index in [0.29, 0.717) is 17.5 Å². The van der Waals surface area contributed by atoms with Gasteiger partial charge in [0.25, 0.3) is 0 Å². The number of rotatable bonds is 5. The van der Waals surface area contributed by atoms with Gasteiger partial charge in [0.2, 0.25) is 0 Å². The first-order chi connectivity index (χ1) is 24.8. The molecule has 0 saturated heterocycles. The van der Waals surface area contributed by atoms with Crippen LogP contribution in [0.2, 0.25) is 0 Å². The van der Waals surface area contributed by atoms with E-state index in [0.717, 1.165) is 49.9 Å². The van der Waals surface area contributed by atoms with Gasteiger partial charge in [0.05, 0.1) is 11.0 Å². The van der Waals surface area contributed by atoms with Crippen LogP contribution in [0.4, 0.5) is 0 Å². The molecule has 7 aromatic carbocycles. The largest absolute Gasteiger partial charge is 0.456 e. The number of benzene rings is 7. The number of aromatic nitrogens is 4. The minimum absolute atomic E-state index is 0.596. The Hall–Kier alpha value is -6.85. The number of hydrogen-bond donors (Lipinski definition) is 0. The van der Waals surface area contributed by atoms with Crippen LogP contribution in [0.5, 0.6) is 0 Å². The maximum absolute atomic E-state index is 6.60. The van der Waals surface area contributed by atoms with Crippen molar-refractivity contribution in [3.63, 3.8) is 0 Å². The van der Waals surface area contributed by atoms with Crippen molar-refractivity contribution in [3.05, 3.63) is 170 Å². The van der Waals surface area contributed by atoms with E-state index < -0.39 is 0 Å². The molecule has 5 heteroatoms. The van der Waals surface area contributed by atoms with E-state index in [1.54, 1.807) is 0 Å². The van der Waals surface area contributed by atoms with E-state index in [1.165, 1.54) is 27.4 Å². The smallest absolute Gasteiger partial charge is 0.164 e. The zero-order chi connectivity index (χ0) is 33.0. The van der Waals surface area contributed by atoms with E-state index in [4.69, 9.17) is 19.4 Å². The normalized spacial score (nSPS) is 11.6. The molecule has 5 nitrogen and oxygen atoms in total. The standard InChI is InChI=1S/C45H28N4O/c1-4-14-29(15-5-1)43-46-44(30-16-6-2-7-17-30)48-45(47-43)31-26-27-36-40(28-31)50-39-25-13-22-34(42(36)39)33-21-12-24-38-41(33)35-20-10-11-23-37(35)49(38)32-18-8-3-9-19-32/h1-28H. The molecule has 0 N–H and O–H groups in total. The predicted molar refractivity (Wildman–Crippen MR) is 203 cm³/mol. The highest BCUT2D eigenvalue weighted by atomic mass is 16.3. The molecule has 10 rings (SSSR count). The lowest BCUT2D eigenvalue weighted by atomic mass is 9.95. The SMILES string of the molecule is c1ccc(-c2nc(-c3ccccc3)nc(-c3ccc4c(c3)oc3cccc(-c5cccc6c5c5ccccc5n6-c5ccccc5)c34)n2)cc1. The lowest BCUT2D eigenvalue weighted by Gasteiger charge is -2.09. The van der Waals surface area contributed by atoms with Gasteiger partial charge in [0, 0.05) is 43.9 Å². The Kier molecular flexibility index (Phi) is 6.42. The molecule has 0 aliphatic rings. The molecule has 0 bridgehead atoms. The molecule has 3 heterocycles. The minimum atomic E-state index is 0.596. The Balaban J connectivity index is 1.17. The molecule has 0 aliphatic heterocycles. The Morgan fingerprint density at radius 3 is 1.64 bits per heavy atom. The van der Waals surface area contributed by atoms with E-state index >= 15 is 0 Å². The molecule has 10 aromatic rings. The molecular weight excluding hydrogens is 613 g/mol. The average Bonchev–Trinajstić information content (AvgIpc) is 3.74. The van der Waals surface area contributed by atoms with Crippen molar-refractivity contribution in [1.29, 1.82) is 0 Å². The van der Waals surface area contributed by atoms with Crippen molar-refractivity contribution in [2.24, 2.45) is 0 Å². The average molecular weight is 641 g/mol. The third-order valence-corrected chi connectivity index (χ3v) is 9.46. The van der Waals surface area contributed by atoms with Crippen LogP contribution in [-0.2, 0) is 0 Å². The zero-order valence-electron chi connectivity index (χ0n) is 26.9. The predicted octanol–water partition coefficient (Wildman–Crippen LogP) is 11.5. The molecular formula is C45H28N4O. The Morgan fingerprint density at radius 2 is 0.940 bits per heavy atom. The van der Waals surface area contributed by atoms with Gasteiger partial charge < -0.3 is 8.98 Å². The topological polar surface area (TPSA) is 56.7 Å². The number of furan rings is 1. The third-order valence-electron chi connectivity index (χ3n) is 9.46. The molecule has 0 spiro atoms. The molecule has 0 aliphatic carbocycles. The van der Waals surface area contributed by atoms with Crippen molar-refractivity contribution in [2.45, 2.75) is 0 Å². The van der Waals surface area contributed by atoms with Gasteiger partial charge in [-0.2, -0.15) is 0 Å². The Bertz CT molecular complexity index is 2800. The highest BCUT2D eigenvalue weighted by Crippen LogP contribution is 2.43. The van der Waals surface area contributed by atoms with Crippen LogP contribution in [0.25, 0.3) is 94.7 Å². The molecule has 0 saturated carbocycles. The summed E-state index contributed by atoms with van der Waals surface area (Å²) in [5.41, 5.74) is 10.1. The molecule has 234 valence electrons. The fraction of sp³-hybridized carbons (Fsp3) is 0. The van der Waals surface area contributed by atoms with Crippen molar-refractivity contribution in [1.82, 2.24) is 19.5 Å². The number of nitrogens with zero attached hydrogens (tertiary/aromatic N) is 4. The zero-order valence-corrected chi connectivity index (χ0v) is 26.9. The summed E-state index contributed by atoms with van der Waals surface area (Å²) in [4.78, 5) is 14.8. The molecule has 50 heavy (non-hydrogen) atoms. The molecule has 0 unspecified atom stereocenters. The Morgan fingerprint density at radius 1 is 0.380 bits per heavy atom. The lowest BCUT2D eigenvalue weighted by Crippen LogP contribution is -2.00. The van der Waals surface area contributed by atoms with Gasteiger partial charge in [-0.3, -0.25) is 0 Å². The summed E-state index contributed by atoms with van der Waals surface area (Å²) in [5, 5.41) is 4.57. The van der Waals surface area contributed by atoms with E-state index in [1.807, 2.05) is 60.7 Å². The minimum Gasteiger partial charge on any atom is -0.456 e. The van der Waals surface area contributed by atoms with Crippen molar-refractivity contribution in [2.75, 3.05) is 0 Å². The van der Waals surface area contributed by atoms with Crippen LogP contribution in [0.3, 0.4) is 0 Å². The van der Waals surface area contributed by atoms with Crippen LogP contribution in [0, 0.1) is 0 Å². The highest BCUT2D eigenvalue weighted by Gasteiger charge is 2.20. The summed E-state index contributed by atoms with van der Waals surface area (Å²) >= 11 is 0. The first-order valence-corrected chi connectivity index (χ1v) is 16.7. The van der Waals surface area contributed by atoms with Crippen LogP contribution < -0.4 is 0 Å². The van der Waals surface area contributed by atoms with Crippen LogP contribution in [0.15, 0.2) is 174 Å². The van der Waals surface area contributed by atoms with Gasteiger partial charge in [-0.25, -0.2) is 15.0 Å². The first-order valence-electron chi connectivity index (χ1n) is 16.7. The summed E-state index contributed by atoms with van der Waals surface area (Å²) in [5.74, 6) is 1.85. The molecule has 0 atom stereocenters. The van der Waals surface area contributed by atoms with Gasteiger partial charge in [-0.1, -0.05) is 127 Å². The second-order valence-electron chi connectivity index (χ2n) is 12.4. The number of hydrogen-bond acceptors (Lipinski definition) is 4. The van der Waals surface area contributed by atoms with Crippen molar-refractivity contribution < 1.29 is 4.42 Å². The van der Waals surface area contributed by atoms with Crippen LogP contribution in [0.1, 0.15) is 0 Å². The summed E-state index contributed by atoms with van der Waals surface area (Å²) in [6.45, 7) is 0. The second-order valence-corrected chi connectivity index (χ2v) is 12.4. The van der Waals surface area contributed by atoms with Crippen molar-refractivity contribution in [3.8, 4) is 51.0 Å². The summed E-state index contributed by atoms with van der Waals surface area (Å²) in [6, 6.07) is 58.5. The molecule has 3 aromatic heterocycles. The molecule has 0 amide bonds. The lowest BCUT2D eigenvalue weighted by molar-refractivity contribution is 0.669. The quantitative estimate of drug-likeness (QED) is 0.188. The van der Waals surface area contributed by atoms with E-state index in [-0.39, 0.29) is 0 Å². The first kappa shape index (κ1) is 28.2. The molecule has 0 fully saturated rings. The third kappa shape index (κ3) is 4.52. The second kappa shape index (κ2) is 11.4. The number of fused-ring (bicyclic) bond motifs is 6. The maximum atomic E-state index is 6.60. The van der Waals surface area contributed by atoms with Crippen LogP contribution in [-0.4, -0.2) is 19.5 Å².